The quantitative estimate of drug-likeness (QED) is 0.396. The van der Waals surface area contributed by atoms with Crippen molar-refractivity contribution in [3.63, 3.8) is 0 Å². The number of Topliss-reactive ketones (excluding diaryl/α,β-unsaturated/α-hetero) is 1. The van der Waals surface area contributed by atoms with E-state index in [0.29, 0.717) is 30.1 Å². The highest BCUT2D eigenvalue weighted by Gasteiger charge is 2.35. The molecule has 2 aromatic carbocycles. The fraction of sp³-hybridized carbons (Fsp3) is 0.357. The van der Waals surface area contributed by atoms with Crippen molar-refractivity contribution < 1.29 is 19.1 Å². The summed E-state index contributed by atoms with van der Waals surface area (Å²) in [6.07, 6.45) is 5.61. The van der Waals surface area contributed by atoms with Crippen molar-refractivity contribution >= 4 is 34.8 Å². The third-order valence-electron chi connectivity index (χ3n) is 6.47. The molecule has 0 bridgehead atoms. The highest BCUT2D eigenvalue weighted by atomic mass is 16.5. The molecule has 1 radical (unpaired) electrons. The fourth-order valence-electron chi connectivity index (χ4n) is 4.53. The molecule has 36 heavy (non-hydrogen) atoms. The Balaban J connectivity index is 1.40. The predicted octanol–water partition coefficient (Wildman–Crippen LogP) is 3.48. The van der Waals surface area contributed by atoms with E-state index in [1.807, 2.05) is 36.4 Å². The number of hydrogen-bond donors (Lipinski definition) is 3. The average molecular weight is 489 g/mol. The standard InChI is InChI=1S/C28H32N4O4/c1-18(33)9-5-3-8-12-23(27-29-17-25(31-27)19-10-6-4-7-11-19)30-26(34)16-22-21-14-13-20(36-2)15-24(21)32-28(22)35/h4,6-7,10-11,13-15,17,22-23,31H,3,5,8-9,12,16H2,1-2H3,(H,30,34)(H,32,35)/q+1/t22?,23-/m0/s1. The number of unbranched alkanes of at least 4 members (excludes halogenated alkanes) is 2. The lowest BCUT2D eigenvalue weighted by Crippen LogP contribution is -2.46. The van der Waals surface area contributed by atoms with Crippen LogP contribution >= 0.6 is 0 Å². The second-order valence-electron chi connectivity index (χ2n) is 9.17. The topological polar surface area (TPSA) is 111 Å². The number of amides is 2. The van der Waals surface area contributed by atoms with Gasteiger partial charge in [-0.1, -0.05) is 49.2 Å². The number of fused-ring (bicyclic) bond motifs is 1. The Hall–Kier alpha value is -3.94. The van der Waals surface area contributed by atoms with Crippen LogP contribution in [0.2, 0.25) is 0 Å². The van der Waals surface area contributed by atoms with Crippen LogP contribution in [0.15, 0.2) is 54.7 Å². The van der Waals surface area contributed by atoms with Gasteiger partial charge in [-0.25, -0.2) is 5.32 Å². The molecular weight excluding hydrogens is 456 g/mol. The maximum Gasteiger partial charge on any atom is 0.319 e. The summed E-state index contributed by atoms with van der Waals surface area (Å²) in [6.45, 7) is 1.60. The Morgan fingerprint density at radius 2 is 1.89 bits per heavy atom. The highest BCUT2D eigenvalue weighted by Crippen LogP contribution is 2.37. The summed E-state index contributed by atoms with van der Waals surface area (Å²) in [7, 11) is 1.57. The average Bonchev–Trinajstić information content (AvgIpc) is 3.48. The van der Waals surface area contributed by atoms with Crippen molar-refractivity contribution in [2.75, 3.05) is 12.4 Å². The Bertz CT molecular complexity index is 1190. The number of carbonyl (C=O) groups excluding carboxylic acids is 3. The van der Waals surface area contributed by atoms with Crippen molar-refractivity contribution in [3.8, 4) is 5.75 Å². The maximum absolute atomic E-state index is 13.1. The Morgan fingerprint density at radius 3 is 2.64 bits per heavy atom. The lowest BCUT2D eigenvalue weighted by molar-refractivity contribution is -0.125. The first kappa shape index (κ1) is 25.2. The van der Waals surface area contributed by atoms with Crippen molar-refractivity contribution in [2.24, 2.45) is 0 Å². The molecule has 1 unspecified atom stereocenters. The summed E-state index contributed by atoms with van der Waals surface area (Å²) in [6, 6.07) is 14.9. The van der Waals surface area contributed by atoms with E-state index in [0.717, 1.165) is 36.1 Å². The normalized spacial score (nSPS) is 16.8. The molecule has 2 heterocycles. The molecule has 2 atom stereocenters. The summed E-state index contributed by atoms with van der Waals surface area (Å²) in [5.41, 5.74) is 3.36. The van der Waals surface area contributed by atoms with E-state index in [4.69, 9.17) is 4.74 Å². The largest absolute Gasteiger partial charge is 0.497 e. The summed E-state index contributed by atoms with van der Waals surface area (Å²) in [4.78, 5) is 41.5. The number of anilines is 1. The van der Waals surface area contributed by atoms with E-state index in [9.17, 15) is 14.4 Å². The fourth-order valence-corrected chi connectivity index (χ4v) is 4.53. The van der Waals surface area contributed by atoms with E-state index in [1.165, 1.54) is 0 Å². The van der Waals surface area contributed by atoms with Crippen LogP contribution in [0.25, 0.3) is 5.70 Å². The molecule has 0 fully saturated rings. The van der Waals surface area contributed by atoms with E-state index in [-0.39, 0.29) is 30.1 Å². The van der Waals surface area contributed by atoms with Crippen LogP contribution in [-0.2, 0) is 14.4 Å². The minimum absolute atomic E-state index is 0.0399. The minimum atomic E-state index is -0.557. The molecule has 8 heteroatoms. The van der Waals surface area contributed by atoms with Crippen LogP contribution in [-0.4, -0.2) is 36.6 Å². The first-order chi connectivity index (χ1) is 17.4. The zero-order chi connectivity index (χ0) is 25.5. The number of nitrogens with one attached hydrogen (secondary N) is 3. The number of aliphatic imine (C=N–C) groups is 1. The molecular formula is C28H32N4O4+. The van der Waals surface area contributed by atoms with Crippen molar-refractivity contribution in [1.82, 2.24) is 15.6 Å². The zero-order valence-corrected chi connectivity index (χ0v) is 20.7. The third kappa shape index (κ3) is 6.19. The lowest BCUT2D eigenvalue weighted by atomic mass is 9.96. The molecule has 3 N–H and O–H groups in total. The molecule has 2 aliphatic rings. The molecule has 0 aromatic heterocycles. The van der Waals surface area contributed by atoms with Gasteiger partial charge in [0.05, 0.1) is 13.0 Å². The first-order valence-electron chi connectivity index (χ1n) is 12.3. The van der Waals surface area contributed by atoms with Gasteiger partial charge in [0, 0.05) is 30.2 Å². The van der Waals surface area contributed by atoms with Gasteiger partial charge in [0.25, 0.3) is 0 Å². The number of carbonyl (C=O) groups is 3. The van der Waals surface area contributed by atoms with Gasteiger partial charge < -0.3 is 20.2 Å². The molecule has 0 aliphatic carbocycles. The summed E-state index contributed by atoms with van der Waals surface area (Å²) in [5.74, 6) is 0.541. The molecule has 187 valence electrons. The van der Waals surface area contributed by atoms with Crippen LogP contribution in [0.3, 0.4) is 0 Å². The van der Waals surface area contributed by atoms with Gasteiger partial charge in [-0.3, -0.25) is 9.59 Å². The Morgan fingerprint density at radius 1 is 1.08 bits per heavy atom. The van der Waals surface area contributed by atoms with Gasteiger partial charge in [-0.2, -0.15) is 0 Å². The molecule has 8 nitrogen and oxygen atoms in total. The van der Waals surface area contributed by atoms with Crippen molar-refractivity contribution in [2.45, 2.75) is 57.4 Å². The molecule has 2 aliphatic heterocycles. The molecule has 4 rings (SSSR count). The summed E-state index contributed by atoms with van der Waals surface area (Å²) in [5, 5.41) is 9.29. The smallest absolute Gasteiger partial charge is 0.319 e. The van der Waals surface area contributed by atoms with Crippen LogP contribution < -0.4 is 25.7 Å². The molecule has 0 spiro atoms. The van der Waals surface area contributed by atoms with E-state index < -0.39 is 5.92 Å². The monoisotopic (exact) mass is 488 g/mol. The van der Waals surface area contributed by atoms with E-state index >= 15 is 0 Å². The maximum atomic E-state index is 13.1. The number of ketones is 1. The number of rotatable bonds is 12. The van der Waals surface area contributed by atoms with Crippen molar-refractivity contribution in [1.29, 1.82) is 0 Å². The van der Waals surface area contributed by atoms with Crippen molar-refractivity contribution in [3.05, 3.63) is 65.9 Å². The number of benzene rings is 2. The second kappa shape index (κ2) is 11.7. The van der Waals surface area contributed by atoms with Crippen LogP contribution in [0.1, 0.15) is 62.5 Å². The van der Waals surface area contributed by atoms with E-state index in [1.54, 1.807) is 32.4 Å². The predicted molar refractivity (Wildman–Crippen MR) is 139 cm³/mol. The van der Waals surface area contributed by atoms with Gasteiger partial charge in [0.15, 0.2) is 11.9 Å². The van der Waals surface area contributed by atoms with Gasteiger partial charge in [-0.15, -0.1) is 0 Å². The molecule has 0 saturated heterocycles. The first-order valence-corrected chi connectivity index (χ1v) is 12.3. The van der Waals surface area contributed by atoms with Crippen LogP contribution in [0.5, 0.6) is 5.75 Å². The zero-order valence-electron chi connectivity index (χ0n) is 20.7. The second-order valence-corrected chi connectivity index (χ2v) is 9.17. The molecule has 0 saturated carbocycles. The Kier molecular flexibility index (Phi) is 8.15. The van der Waals surface area contributed by atoms with E-state index in [2.05, 4.69) is 20.9 Å². The number of hydrogen-bond acceptors (Lipinski definition) is 6. The number of amidine groups is 1. The van der Waals surface area contributed by atoms with Gasteiger partial charge in [0.1, 0.15) is 17.6 Å². The number of methoxy groups -OCH3 is 1. The molecule has 2 aromatic rings. The molecule has 2 amide bonds. The summed E-state index contributed by atoms with van der Waals surface area (Å²) >= 11 is 0. The van der Waals surface area contributed by atoms with Crippen LogP contribution in [0, 0.1) is 0 Å². The number of nitrogens with zero attached hydrogens (tertiary/aromatic N) is 1. The lowest BCUT2D eigenvalue weighted by Gasteiger charge is -2.17. The minimum Gasteiger partial charge on any atom is -0.497 e. The number of ether oxygens (including phenoxy) is 1. The Labute approximate surface area is 211 Å². The van der Waals surface area contributed by atoms with Gasteiger partial charge in [0.2, 0.25) is 11.8 Å². The third-order valence-corrected chi connectivity index (χ3v) is 6.47. The highest BCUT2D eigenvalue weighted by molar-refractivity contribution is 6.05. The van der Waals surface area contributed by atoms with Gasteiger partial charge >= 0.3 is 5.84 Å². The van der Waals surface area contributed by atoms with Crippen LogP contribution in [0.4, 0.5) is 5.69 Å². The SMILES string of the molecule is COc1ccc2c(c1)NC(=O)C2CC(=O)N[C@@H](CCCCCC(C)=O)C1=[N+]C=C(c2ccccc2)N1. The summed E-state index contributed by atoms with van der Waals surface area (Å²) < 4.78 is 5.23. The van der Waals surface area contributed by atoms with Gasteiger partial charge in [-0.05, 0) is 36.4 Å².